The second-order valence-electron chi connectivity index (χ2n) is 5.00. The highest BCUT2D eigenvalue weighted by Crippen LogP contribution is 2.39. The van der Waals surface area contributed by atoms with E-state index < -0.39 is 24.0 Å². The van der Waals surface area contributed by atoms with E-state index in [9.17, 15) is 14.4 Å². The average Bonchev–Trinajstić information content (AvgIpc) is 2.57. The normalized spacial score (nSPS) is 11.2. The van der Waals surface area contributed by atoms with E-state index in [4.69, 9.17) is 24.7 Å². The number of nitrogens with one attached hydrogen (secondary N) is 1. The fraction of sp³-hybridized carbons (Fsp3) is 0.471. The highest BCUT2D eigenvalue weighted by Gasteiger charge is 2.23. The zero-order valence-electron chi connectivity index (χ0n) is 15.3. The molecule has 1 rings (SSSR count). The summed E-state index contributed by atoms with van der Waals surface area (Å²) in [7, 11) is 0. The number of benzene rings is 1. The van der Waals surface area contributed by atoms with Gasteiger partial charge in [0.15, 0.2) is 17.6 Å². The van der Waals surface area contributed by atoms with Gasteiger partial charge in [-0.1, -0.05) is 0 Å². The first-order chi connectivity index (χ1) is 12.3. The zero-order valence-corrected chi connectivity index (χ0v) is 15.3. The Labute approximate surface area is 151 Å². The Morgan fingerprint density at radius 3 is 1.92 bits per heavy atom. The fourth-order valence-corrected chi connectivity index (χ4v) is 2.01. The molecule has 0 bridgehead atoms. The van der Waals surface area contributed by atoms with Crippen LogP contribution in [0.1, 0.15) is 38.1 Å². The van der Waals surface area contributed by atoms with Crippen molar-refractivity contribution in [3.8, 4) is 17.2 Å². The van der Waals surface area contributed by atoms with E-state index in [0.717, 1.165) is 0 Å². The molecule has 1 unspecified atom stereocenters. The standard InChI is InChI=1S/C17H24N2O7/c1-5-23-12-8-11(9-13(24-6-2)14(12)25-7-3)16(21)26-10(4)15(20)19-17(18)22/h8-10H,5-7H2,1-4H3,(H3,18,19,20,22). The van der Waals surface area contributed by atoms with Gasteiger partial charge in [0.1, 0.15) is 0 Å². The van der Waals surface area contributed by atoms with Crippen molar-refractivity contribution in [2.75, 3.05) is 19.8 Å². The lowest BCUT2D eigenvalue weighted by Gasteiger charge is -2.17. The highest BCUT2D eigenvalue weighted by atomic mass is 16.6. The second kappa shape index (κ2) is 10.1. The molecule has 0 fully saturated rings. The Morgan fingerprint density at radius 1 is 1.00 bits per heavy atom. The third-order valence-electron chi connectivity index (χ3n) is 3.04. The topological polar surface area (TPSA) is 126 Å². The van der Waals surface area contributed by atoms with E-state index in [1.54, 1.807) is 13.8 Å². The Morgan fingerprint density at radius 2 is 1.50 bits per heavy atom. The van der Waals surface area contributed by atoms with Crippen molar-refractivity contribution in [1.29, 1.82) is 0 Å². The van der Waals surface area contributed by atoms with E-state index in [1.165, 1.54) is 19.1 Å². The minimum atomic E-state index is -1.22. The van der Waals surface area contributed by atoms with Crippen LogP contribution < -0.4 is 25.3 Å². The molecule has 26 heavy (non-hydrogen) atoms. The molecule has 0 saturated carbocycles. The molecule has 144 valence electrons. The summed E-state index contributed by atoms with van der Waals surface area (Å²) in [4.78, 5) is 34.7. The lowest BCUT2D eigenvalue weighted by Crippen LogP contribution is -2.42. The van der Waals surface area contributed by atoms with Gasteiger partial charge in [0.05, 0.1) is 25.4 Å². The number of esters is 1. The summed E-state index contributed by atoms with van der Waals surface area (Å²) < 4.78 is 21.6. The zero-order chi connectivity index (χ0) is 19.7. The fourth-order valence-electron chi connectivity index (χ4n) is 2.01. The molecule has 0 spiro atoms. The molecule has 0 aromatic heterocycles. The van der Waals surface area contributed by atoms with Gasteiger partial charge in [-0.15, -0.1) is 0 Å². The minimum absolute atomic E-state index is 0.110. The predicted molar refractivity (Wildman–Crippen MR) is 92.6 cm³/mol. The van der Waals surface area contributed by atoms with Gasteiger partial charge in [0.25, 0.3) is 5.91 Å². The summed E-state index contributed by atoms with van der Waals surface area (Å²) in [6, 6.07) is 1.85. The van der Waals surface area contributed by atoms with Crippen LogP contribution >= 0.6 is 0 Å². The molecule has 0 radical (unpaired) electrons. The molecule has 9 heteroatoms. The molecule has 0 aliphatic rings. The Balaban J connectivity index is 3.11. The lowest BCUT2D eigenvalue weighted by atomic mass is 10.1. The first kappa shape index (κ1) is 21.1. The smallest absolute Gasteiger partial charge is 0.339 e. The van der Waals surface area contributed by atoms with Crippen LogP contribution in [0, 0.1) is 0 Å². The first-order valence-electron chi connectivity index (χ1n) is 8.21. The molecule has 0 aliphatic carbocycles. The van der Waals surface area contributed by atoms with Gasteiger partial charge in [-0.05, 0) is 39.8 Å². The van der Waals surface area contributed by atoms with Gasteiger partial charge >= 0.3 is 12.0 Å². The number of carbonyl (C=O) groups is 3. The van der Waals surface area contributed by atoms with Crippen molar-refractivity contribution in [3.63, 3.8) is 0 Å². The predicted octanol–water partition coefficient (Wildman–Crippen LogP) is 1.62. The van der Waals surface area contributed by atoms with Crippen LogP contribution in [-0.4, -0.2) is 43.8 Å². The summed E-state index contributed by atoms with van der Waals surface area (Å²) in [6.07, 6.45) is -1.22. The van der Waals surface area contributed by atoms with E-state index in [0.29, 0.717) is 37.1 Å². The number of primary amides is 1. The second-order valence-corrected chi connectivity index (χ2v) is 5.00. The molecule has 9 nitrogen and oxygen atoms in total. The van der Waals surface area contributed by atoms with Gasteiger partial charge in [0, 0.05) is 0 Å². The van der Waals surface area contributed by atoms with Crippen LogP contribution in [0.3, 0.4) is 0 Å². The van der Waals surface area contributed by atoms with Crippen molar-refractivity contribution in [2.24, 2.45) is 5.73 Å². The maximum atomic E-state index is 12.4. The summed E-state index contributed by atoms with van der Waals surface area (Å²) in [5, 5.41) is 1.84. The van der Waals surface area contributed by atoms with Gasteiger partial charge in [0.2, 0.25) is 5.75 Å². The van der Waals surface area contributed by atoms with Crippen LogP contribution in [-0.2, 0) is 9.53 Å². The maximum Gasteiger partial charge on any atom is 0.339 e. The minimum Gasteiger partial charge on any atom is -0.490 e. The van der Waals surface area contributed by atoms with Crippen LogP contribution in [0.15, 0.2) is 12.1 Å². The average molecular weight is 368 g/mol. The number of carbonyl (C=O) groups excluding carboxylic acids is 3. The van der Waals surface area contributed by atoms with Crippen molar-refractivity contribution in [1.82, 2.24) is 5.32 Å². The molecule has 3 N–H and O–H groups in total. The van der Waals surface area contributed by atoms with Gasteiger partial charge in [-0.25, -0.2) is 9.59 Å². The maximum absolute atomic E-state index is 12.4. The Kier molecular flexibility index (Phi) is 8.20. The van der Waals surface area contributed by atoms with Crippen LogP contribution in [0.4, 0.5) is 4.79 Å². The highest BCUT2D eigenvalue weighted by molar-refractivity contribution is 5.98. The number of hydrogen-bond acceptors (Lipinski definition) is 7. The molecule has 0 saturated heterocycles. The van der Waals surface area contributed by atoms with Crippen LogP contribution in [0.25, 0.3) is 0 Å². The molecule has 3 amide bonds. The third-order valence-corrected chi connectivity index (χ3v) is 3.04. The molecular formula is C17H24N2O7. The van der Waals surface area contributed by atoms with Gasteiger partial charge < -0.3 is 24.7 Å². The summed E-state index contributed by atoms with van der Waals surface area (Å²) in [5.41, 5.74) is 4.98. The Bertz CT molecular complexity index is 634. The molecular weight excluding hydrogens is 344 g/mol. The molecule has 0 aliphatic heterocycles. The number of rotatable bonds is 9. The van der Waals surface area contributed by atoms with E-state index in [-0.39, 0.29) is 5.56 Å². The van der Waals surface area contributed by atoms with Crippen LogP contribution in [0.5, 0.6) is 17.2 Å². The largest absolute Gasteiger partial charge is 0.490 e. The van der Waals surface area contributed by atoms with Crippen molar-refractivity contribution in [3.05, 3.63) is 17.7 Å². The van der Waals surface area contributed by atoms with Crippen molar-refractivity contribution < 1.29 is 33.3 Å². The molecule has 1 atom stereocenters. The van der Waals surface area contributed by atoms with E-state index >= 15 is 0 Å². The van der Waals surface area contributed by atoms with Gasteiger partial charge in [-0.2, -0.15) is 0 Å². The third kappa shape index (κ3) is 5.83. The van der Waals surface area contributed by atoms with E-state index in [1.807, 2.05) is 12.2 Å². The summed E-state index contributed by atoms with van der Waals surface area (Å²) in [5.74, 6) is -0.593. The van der Waals surface area contributed by atoms with Crippen molar-refractivity contribution >= 4 is 17.9 Å². The van der Waals surface area contributed by atoms with Crippen LogP contribution in [0.2, 0.25) is 0 Å². The first-order valence-corrected chi connectivity index (χ1v) is 8.21. The number of hydrogen-bond donors (Lipinski definition) is 2. The van der Waals surface area contributed by atoms with E-state index in [2.05, 4.69) is 0 Å². The SMILES string of the molecule is CCOc1cc(C(=O)OC(C)C(=O)NC(N)=O)cc(OCC)c1OCC. The summed E-state index contributed by atoms with van der Waals surface area (Å²) >= 11 is 0. The van der Waals surface area contributed by atoms with Gasteiger partial charge in [-0.3, -0.25) is 10.1 Å². The quantitative estimate of drug-likeness (QED) is 0.634. The van der Waals surface area contributed by atoms with Crippen molar-refractivity contribution in [2.45, 2.75) is 33.8 Å². The summed E-state index contributed by atoms with van der Waals surface area (Å²) in [6.45, 7) is 7.79. The molecule has 1 aromatic rings. The number of ether oxygens (including phenoxy) is 4. The number of amides is 3. The number of imide groups is 1. The monoisotopic (exact) mass is 368 g/mol. The lowest BCUT2D eigenvalue weighted by molar-refractivity contribution is -0.127. The molecule has 0 heterocycles. The Hall–Kier alpha value is -2.97. The number of nitrogens with two attached hydrogens (primary N) is 1. The molecule has 1 aromatic carbocycles. The number of urea groups is 1.